The molecular formula is C22H23F3N4O3S. The Morgan fingerprint density at radius 1 is 1.03 bits per heavy atom. The van der Waals surface area contributed by atoms with Gasteiger partial charge in [-0.1, -0.05) is 11.8 Å². The molecule has 2 aromatic carbocycles. The van der Waals surface area contributed by atoms with Gasteiger partial charge in [-0.3, -0.25) is 4.79 Å². The van der Waals surface area contributed by atoms with Gasteiger partial charge >= 0.3 is 6.18 Å². The molecule has 1 aromatic heterocycles. The van der Waals surface area contributed by atoms with Crippen LogP contribution in [0, 0.1) is 0 Å². The summed E-state index contributed by atoms with van der Waals surface area (Å²) in [5.74, 6) is 1.57. The highest BCUT2D eigenvalue weighted by Crippen LogP contribution is 2.30. The van der Waals surface area contributed by atoms with E-state index >= 15 is 0 Å². The van der Waals surface area contributed by atoms with Crippen LogP contribution in [-0.4, -0.2) is 33.0 Å². The van der Waals surface area contributed by atoms with Crippen molar-refractivity contribution in [3.05, 3.63) is 59.9 Å². The Kier molecular flexibility index (Phi) is 7.52. The molecule has 1 amide bonds. The first-order chi connectivity index (χ1) is 15.6. The molecule has 11 heteroatoms. The molecular weight excluding hydrogens is 457 g/mol. The van der Waals surface area contributed by atoms with Gasteiger partial charge in [0, 0.05) is 12.7 Å². The Morgan fingerprint density at radius 3 is 2.21 bits per heavy atom. The summed E-state index contributed by atoms with van der Waals surface area (Å²) in [7, 11) is 3.36. The van der Waals surface area contributed by atoms with Crippen molar-refractivity contribution >= 4 is 23.4 Å². The molecule has 0 radical (unpaired) electrons. The maximum atomic E-state index is 12.7. The fraction of sp³-hybridized carbons (Fsp3) is 0.318. The monoisotopic (exact) mass is 480 g/mol. The van der Waals surface area contributed by atoms with Gasteiger partial charge in [-0.2, -0.15) is 13.2 Å². The van der Waals surface area contributed by atoms with Crippen molar-refractivity contribution < 1.29 is 27.4 Å². The number of hydrogen-bond acceptors (Lipinski definition) is 6. The predicted molar refractivity (Wildman–Crippen MR) is 118 cm³/mol. The van der Waals surface area contributed by atoms with E-state index in [4.69, 9.17) is 9.47 Å². The summed E-state index contributed by atoms with van der Waals surface area (Å²) in [4.78, 5) is 12.5. The molecule has 3 aromatic rings. The minimum Gasteiger partial charge on any atom is -0.497 e. The average Bonchev–Trinajstić information content (AvgIpc) is 3.14. The second-order valence-corrected chi connectivity index (χ2v) is 8.47. The van der Waals surface area contributed by atoms with Crippen molar-refractivity contribution in [1.29, 1.82) is 0 Å². The first-order valence-corrected chi connectivity index (χ1v) is 10.8. The van der Waals surface area contributed by atoms with Crippen LogP contribution in [0.3, 0.4) is 0 Å². The third kappa shape index (κ3) is 6.19. The maximum Gasteiger partial charge on any atom is 0.416 e. The van der Waals surface area contributed by atoms with Crippen molar-refractivity contribution in [1.82, 2.24) is 14.8 Å². The molecule has 0 spiro atoms. The normalized spacial score (nSPS) is 13.3. The van der Waals surface area contributed by atoms with Gasteiger partial charge in [0.25, 0.3) is 0 Å². The maximum absolute atomic E-state index is 12.7. The second kappa shape index (κ2) is 10.2. The van der Waals surface area contributed by atoms with Crippen LogP contribution in [0.5, 0.6) is 11.5 Å². The molecule has 2 atom stereocenters. The number of nitrogens with one attached hydrogen (secondary N) is 1. The zero-order chi connectivity index (χ0) is 24.2. The lowest BCUT2D eigenvalue weighted by Crippen LogP contribution is -2.23. The SMILES string of the molecule is COc1ccc(OC(C)c2nnc(SC(C)C(=O)Nc3ccc(C(F)(F)F)cc3)n2C)cc1. The van der Waals surface area contributed by atoms with Crippen molar-refractivity contribution in [3.63, 3.8) is 0 Å². The number of hydrogen-bond donors (Lipinski definition) is 1. The summed E-state index contributed by atoms with van der Waals surface area (Å²) in [6.45, 7) is 3.51. The molecule has 1 heterocycles. The van der Waals surface area contributed by atoms with E-state index < -0.39 is 23.1 Å². The highest BCUT2D eigenvalue weighted by Gasteiger charge is 2.30. The topological polar surface area (TPSA) is 78.3 Å². The fourth-order valence-corrected chi connectivity index (χ4v) is 3.71. The van der Waals surface area contributed by atoms with Gasteiger partial charge in [0.1, 0.15) is 11.5 Å². The van der Waals surface area contributed by atoms with Gasteiger partial charge in [0.2, 0.25) is 5.91 Å². The number of methoxy groups -OCH3 is 1. The number of halogens is 3. The lowest BCUT2D eigenvalue weighted by atomic mass is 10.2. The Balaban J connectivity index is 1.60. The van der Waals surface area contributed by atoms with Crippen LogP contribution in [0.25, 0.3) is 0 Å². The van der Waals surface area contributed by atoms with Gasteiger partial charge in [-0.25, -0.2) is 0 Å². The van der Waals surface area contributed by atoms with Gasteiger partial charge in [0.15, 0.2) is 17.1 Å². The van der Waals surface area contributed by atoms with Crippen molar-refractivity contribution in [2.45, 2.75) is 36.5 Å². The summed E-state index contributed by atoms with van der Waals surface area (Å²) in [6.07, 6.45) is -4.83. The molecule has 0 fully saturated rings. The number of aromatic nitrogens is 3. The van der Waals surface area contributed by atoms with Crippen molar-refractivity contribution in [2.75, 3.05) is 12.4 Å². The number of amides is 1. The summed E-state index contributed by atoms with van der Waals surface area (Å²) in [6, 6.07) is 11.4. The van der Waals surface area contributed by atoms with E-state index in [1.165, 1.54) is 23.9 Å². The molecule has 0 aliphatic rings. The molecule has 2 unspecified atom stereocenters. The Bertz CT molecular complexity index is 1090. The number of rotatable bonds is 8. The third-order valence-electron chi connectivity index (χ3n) is 4.74. The fourth-order valence-electron chi connectivity index (χ4n) is 2.89. The summed E-state index contributed by atoms with van der Waals surface area (Å²) >= 11 is 1.18. The van der Waals surface area contributed by atoms with Crippen LogP contribution in [0.15, 0.2) is 53.7 Å². The standard InChI is InChI=1S/C22H23F3N4O3S/c1-13(32-18-11-9-17(31-4)10-12-18)19-27-28-21(29(19)3)33-14(2)20(30)26-16-7-5-15(6-8-16)22(23,24)25/h5-14H,1-4H3,(H,26,30). The highest BCUT2D eigenvalue weighted by atomic mass is 32.2. The molecule has 3 rings (SSSR count). The molecule has 176 valence electrons. The quantitative estimate of drug-likeness (QED) is 0.452. The van der Waals surface area contributed by atoms with E-state index in [1.807, 2.05) is 6.92 Å². The number of carbonyl (C=O) groups is 1. The van der Waals surface area contributed by atoms with Gasteiger partial charge in [0.05, 0.1) is 17.9 Å². The average molecular weight is 481 g/mol. The zero-order valence-electron chi connectivity index (χ0n) is 18.4. The van der Waals surface area contributed by atoms with Crippen LogP contribution < -0.4 is 14.8 Å². The molecule has 0 aliphatic carbocycles. The van der Waals surface area contributed by atoms with Crippen molar-refractivity contribution in [3.8, 4) is 11.5 Å². The molecule has 33 heavy (non-hydrogen) atoms. The number of carbonyl (C=O) groups excluding carboxylic acids is 1. The summed E-state index contributed by atoms with van der Waals surface area (Å²) in [5, 5.41) is 10.9. The molecule has 1 N–H and O–H groups in total. The van der Waals surface area contributed by atoms with Crippen LogP contribution in [0.1, 0.15) is 31.3 Å². The Hall–Kier alpha value is -3.21. The first kappa shape index (κ1) is 24.4. The van der Waals surface area contributed by atoms with E-state index in [2.05, 4.69) is 15.5 Å². The van der Waals surface area contributed by atoms with E-state index in [1.54, 1.807) is 49.9 Å². The van der Waals surface area contributed by atoms with E-state index in [-0.39, 0.29) is 11.6 Å². The van der Waals surface area contributed by atoms with Gasteiger partial charge in [-0.05, 0) is 62.4 Å². The number of nitrogens with zero attached hydrogens (tertiary/aromatic N) is 3. The van der Waals surface area contributed by atoms with E-state index in [0.29, 0.717) is 16.7 Å². The third-order valence-corrected chi connectivity index (χ3v) is 5.87. The molecule has 0 saturated heterocycles. The molecule has 0 aliphatic heterocycles. The number of alkyl halides is 3. The van der Waals surface area contributed by atoms with E-state index in [9.17, 15) is 18.0 Å². The van der Waals surface area contributed by atoms with Gasteiger partial charge in [-0.15, -0.1) is 10.2 Å². The molecule has 7 nitrogen and oxygen atoms in total. The largest absolute Gasteiger partial charge is 0.497 e. The van der Waals surface area contributed by atoms with Crippen LogP contribution >= 0.6 is 11.8 Å². The number of anilines is 1. The Morgan fingerprint density at radius 2 is 1.64 bits per heavy atom. The van der Waals surface area contributed by atoms with Gasteiger partial charge < -0.3 is 19.4 Å². The van der Waals surface area contributed by atoms with E-state index in [0.717, 1.165) is 17.9 Å². The molecule has 0 saturated carbocycles. The summed E-state index contributed by atoms with van der Waals surface area (Å²) in [5.41, 5.74) is -0.499. The number of benzene rings is 2. The number of thioether (sulfide) groups is 1. The predicted octanol–water partition coefficient (Wildman–Crippen LogP) is 5.10. The minimum absolute atomic E-state index is 0.278. The Labute approximate surface area is 193 Å². The van der Waals surface area contributed by atoms with Crippen molar-refractivity contribution in [2.24, 2.45) is 7.05 Å². The lowest BCUT2D eigenvalue weighted by molar-refractivity contribution is -0.137. The zero-order valence-corrected chi connectivity index (χ0v) is 19.2. The minimum atomic E-state index is -4.43. The molecule has 0 bridgehead atoms. The number of ether oxygens (including phenoxy) is 2. The van der Waals surface area contributed by atoms with Crippen LogP contribution in [0.4, 0.5) is 18.9 Å². The lowest BCUT2D eigenvalue weighted by Gasteiger charge is -2.15. The smallest absolute Gasteiger partial charge is 0.416 e. The van der Waals surface area contributed by atoms with Crippen LogP contribution in [-0.2, 0) is 18.0 Å². The summed E-state index contributed by atoms with van der Waals surface area (Å²) < 4.78 is 50.8. The second-order valence-electron chi connectivity index (χ2n) is 7.16. The first-order valence-electron chi connectivity index (χ1n) is 9.93. The highest BCUT2D eigenvalue weighted by molar-refractivity contribution is 8.00. The van der Waals surface area contributed by atoms with Crippen LogP contribution in [0.2, 0.25) is 0 Å².